The number of rotatable bonds is 5. The Balaban J connectivity index is 2.18. The van der Waals surface area contributed by atoms with Gasteiger partial charge in [-0.1, -0.05) is 18.0 Å². The van der Waals surface area contributed by atoms with E-state index in [4.69, 9.17) is 17.3 Å². The topological polar surface area (TPSA) is 81.4 Å². The van der Waals surface area contributed by atoms with Crippen molar-refractivity contribution in [3.8, 4) is 5.75 Å². The Bertz CT molecular complexity index is 613. The SMILES string of the molecule is NC1CCCC1NS(=O)(=O)c1ccc(OC(F)F)c(Cl)c1. The largest absolute Gasteiger partial charge is 0.433 e. The molecule has 1 aromatic carbocycles. The Morgan fingerprint density at radius 1 is 1.38 bits per heavy atom. The van der Waals surface area contributed by atoms with Gasteiger partial charge in [-0.05, 0) is 31.0 Å². The zero-order chi connectivity index (χ0) is 15.6. The smallest absolute Gasteiger partial charge is 0.387 e. The highest BCUT2D eigenvalue weighted by molar-refractivity contribution is 7.89. The lowest BCUT2D eigenvalue weighted by Crippen LogP contribution is -2.43. The van der Waals surface area contributed by atoms with Crippen molar-refractivity contribution in [2.45, 2.75) is 42.9 Å². The van der Waals surface area contributed by atoms with Crippen LogP contribution in [0, 0.1) is 0 Å². The van der Waals surface area contributed by atoms with Crippen molar-refractivity contribution in [2.75, 3.05) is 0 Å². The van der Waals surface area contributed by atoms with Crippen LogP contribution in [0.1, 0.15) is 19.3 Å². The van der Waals surface area contributed by atoms with E-state index in [2.05, 4.69) is 9.46 Å². The summed E-state index contributed by atoms with van der Waals surface area (Å²) in [5.41, 5.74) is 5.82. The van der Waals surface area contributed by atoms with E-state index in [0.29, 0.717) is 6.42 Å². The normalized spacial score (nSPS) is 22.7. The second-order valence-corrected chi connectivity index (χ2v) is 6.91. The zero-order valence-corrected chi connectivity index (χ0v) is 12.5. The molecule has 0 amide bonds. The van der Waals surface area contributed by atoms with Gasteiger partial charge in [-0.2, -0.15) is 8.78 Å². The molecule has 9 heteroatoms. The fraction of sp³-hybridized carbons (Fsp3) is 0.500. The van der Waals surface area contributed by atoms with Gasteiger partial charge in [0.2, 0.25) is 10.0 Å². The molecule has 2 rings (SSSR count). The van der Waals surface area contributed by atoms with Crippen LogP contribution in [0.15, 0.2) is 23.1 Å². The van der Waals surface area contributed by atoms with E-state index in [9.17, 15) is 17.2 Å². The molecule has 0 aromatic heterocycles. The summed E-state index contributed by atoms with van der Waals surface area (Å²) in [6.45, 7) is -3.03. The average Bonchev–Trinajstić information content (AvgIpc) is 2.76. The van der Waals surface area contributed by atoms with E-state index in [1.54, 1.807) is 0 Å². The molecule has 1 aliphatic carbocycles. The highest BCUT2D eigenvalue weighted by atomic mass is 35.5. The quantitative estimate of drug-likeness (QED) is 0.860. The Labute approximate surface area is 126 Å². The maximum absolute atomic E-state index is 12.2. The first kappa shape index (κ1) is 16.4. The molecule has 1 aliphatic rings. The van der Waals surface area contributed by atoms with Gasteiger partial charge in [-0.25, -0.2) is 13.1 Å². The number of ether oxygens (including phenoxy) is 1. The Morgan fingerprint density at radius 2 is 2.10 bits per heavy atom. The molecule has 1 aromatic rings. The minimum absolute atomic E-state index is 0.117. The molecule has 0 radical (unpaired) electrons. The summed E-state index contributed by atoms with van der Waals surface area (Å²) in [4.78, 5) is -0.117. The molecule has 21 heavy (non-hydrogen) atoms. The van der Waals surface area contributed by atoms with Gasteiger partial charge in [0.05, 0.1) is 9.92 Å². The van der Waals surface area contributed by atoms with Crippen molar-refractivity contribution in [1.82, 2.24) is 4.72 Å². The van der Waals surface area contributed by atoms with Gasteiger partial charge < -0.3 is 10.5 Å². The standard InChI is InChI=1S/C12H15ClF2N2O3S/c13-8-6-7(4-5-11(8)20-12(14)15)21(18,19)17-10-3-1-2-9(10)16/h4-6,9-10,12,17H,1-3,16H2. The maximum Gasteiger partial charge on any atom is 0.387 e. The van der Waals surface area contributed by atoms with Crippen molar-refractivity contribution in [1.29, 1.82) is 0 Å². The fourth-order valence-corrected chi connectivity index (χ4v) is 3.88. The molecule has 1 saturated carbocycles. The summed E-state index contributed by atoms with van der Waals surface area (Å²) in [5, 5.41) is -0.200. The molecule has 0 aliphatic heterocycles. The van der Waals surface area contributed by atoms with Crippen LogP contribution in [-0.2, 0) is 10.0 Å². The van der Waals surface area contributed by atoms with Gasteiger partial charge in [0.1, 0.15) is 5.75 Å². The molecule has 0 spiro atoms. The number of alkyl halides is 2. The van der Waals surface area contributed by atoms with Crippen LogP contribution in [-0.4, -0.2) is 27.1 Å². The highest BCUT2D eigenvalue weighted by Gasteiger charge is 2.29. The minimum Gasteiger partial charge on any atom is -0.433 e. The second-order valence-electron chi connectivity index (χ2n) is 4.79. The van der Waals surface area contributed by atoms with E-state index < -0.39 is 16.6 Å². The number of hydrogen-bond acceptors (Lipinski definition) is 4. The first-order valence-corrected chi connectivity index (χ1v) is 8.18. The summed E-state index contributed by atoms with van der Waals surface area (Å²) in [5.74, 6) is -0.275. The average molecular weight is 341 g/mol. The van der Waals surface area contributed by atoms with Gasteiger partial charge in [-0.3, -0.25) is 0 Å². The predicted molar refractivity (Wildman–Crippen MR) is 74.0 cm³/mol. The van der Waals surface area contributed by atoms with E-state index in [0.717, 1.165) is 31.0 Å². The van der Waals surface area contributed by atoms with Gasteiger partial charge in [0.25, 0.3) is 0 Å². The fourth-order valence-electron chi connectivity index (χ4n) is 2.24. The van der Waals surface area contributed by atoms with Crippen LogP contribution < -0.4 is 15.2 Å². The maximum atomic E-state index is 12.2. The van der Waals surface area contributed by atoms with E-state index in [1.807, 2.05) is 0 Å². The number of hydrogen-bond donors (Lipinski definition) is 2. The molecule has 0 bridgehead atoms. The zero-order valence-electron chi connectivity index (χ0n) is 10.9. The third-order valence-corrected chi connectivity index (χ3v) is 5.09. The molecule has 5 nitrogen and oxygen atoms in total. The van der Waals surface area contributed by atoms with Gasteiger partial charge in [0.15, 0.2) is 0 Å². The van der Waals surface area contributed by atoms with Gasteiger partial charge >= 0.3 is 6.61 Å². The summed E-state index contributed by atoms with van der Waals surface area (Å²) >= 11 is 5.75. The minimum atomic E-state index is -3.80. The van der Waals surface area contributed by atoms with Crippen molar-refractivity contribution in [3.63, 3.8) is 0 Å². The van der Waals surface area contributed by atoms with Crippen molar-refractivity contribution in [2.24, 2.45) is 5.73 Å². The molecule has 1 fully saturated rings. The molecular formula is C12H15ClF2N2O3S. The monoisotopic (exact) mass is 340 g/mol. The van der Waals surface area contributed by atoms with Crippen LogP contribution in [0.3, 0.4) is 0 Å². The molecule has 3 N–H and O–H groups in total. The summed E-state index contributed by atoms with van der Waals surface area (Å²) in [6.07, 6.45) is 2.28. The number of sulfonamides is 1. The Hall–Kier alpha value is -0.960. The first-order valence-electron chi connectivity index (χ1n) is 6.32. The summed E-state index contributed by atoms with van der Waals surface area (Å²) in [7, 11) is -3.80. The van der Waals surface area contributed by atoms with E-state index >= 15 is 0 Å². The predicted octanol–water partition coefficient (Wildman–Crippen LogP) is 2.10. The van der Waals surface area contributed by atoms with Crippen LogP contribution in [0.2, 0.25) is 5.02 Å². The summed E-state index contributed by atoms with van der Waals surface area (Å²) < 4.78 is 55.3. The molecular weight excluding hydrogens is 326 g/mol. The number of benzene rings is 1. The molecule has 0 heterocycles. The van der Waals surface area contributed by atoms with E-state index in [1.165, 1.54) is 0 Å². The molecule has 118 valence electrons. The van der Waals surface area contributed by atoms with Gasteiger partial charge in [0, 0.05) is 12.1 Å². The van der Waals surface area contributed by atoms with Gasteiger partial charge in [-0.15, -0.1) is 0 Å². The van der Waals surface area contributed by atoms with Crippen molar-refractivity contribution in [3.05, 3.63) is 23.2 Å². The lowest BCUT2D eigenvalue weighted by Gasteiger charge is -2.17. The molecule has 0 saturated heterocycles. The third kappa shape index (κ3) is 4.03. The Morgan fingerprint density at radius 3 is 2.62 bits per heavy atom. The number of halogens is 3. The third-order valence-electron chi connectivity index (χ3n) is 3.31. The van der Waals surface area contributed by atoms with Crippen LogP contribution in [0.5, 0.6) is 5.75 Å². The molecule has 2 atom stereocenters. The molecule has 2 unspecified atom stereocenters. The lowest BCUT2D eigenvalue weighted by molar-refractivity contribution is -0.0498. The van der Waals surface area contributed by atoms with Crippen LogP contribution in [0.25, 0.3) is 0 Å². The van der Waals surface area contributed by atoms with Crippen molar-refractivity contribution >= 4 is 21.6 Å². The first-order chi connectivity index (χ1) is 9.79. The Kier molecular flexibility index (Phi) is 5.03. The van der Waals surface area contributed by atoms with Crippen molar-refractivity contribution < 1.29 is 21.9 Å². The lowest BCUT2D eigenvalue weighted by atomic mass is 10.2. The highest BCUT2D eigenvalue weighted by Crippen LogP contribution is 2.29. The second kappa shape index (κ2) is 6.43. The van der Waals surface area contributed by atoms with Crippen LogP contribution >= 0.6 is 11.6 Å². The number of nitrogens with one attached hydrogen (secondary N) is 1. The van der Waals surface area contributed by atoms with E-state index in [-0.39, 0.29) is 27.8 Å². The van der Waals surface area contributed by atoms with Crippen LogP contribution in [0.4, 0.5) is 8.78 Å². The summed E-state index contributed by atoms with van der Waals surface area (Å²) in [6, 6.07) is 2.77. The number of nitrogens with two attached hydrogens (primary N) is 1.